The van der Waals surface area contributed by atoms with Crippen LogP contribution in [0.5, 0.6) is 0 Å². The maximum atomic E-state index is 11.6. The van der Waals surface area contributed by atoms with Crippen molar-refractivity contribution in [1.29, 1.82) is 0 Å². The van der Waals surface area contributed by atoms with Crippen molar-refractivity contribution in [1.82, 2.24) is 10.3 Å². The van der Waals surface area contributed by atoms with Crippen LogP contribution in [0, 0.1) is 0 Å². The van der Waals surface area contributed by atoms with Crippen LogP contribution < -0.4 is 10.6 Å². The Labute approximate surface area is 119 Å². The lowest BCUT2D eigenvalue weighted by molar-refractivity contribution is -0.122. The largest absolute Gasteiger partial charge is 0.464 e. The molecule has 1 saturated heterocycles. The summed E-state index contributed by atoms with van der Waals surface area (Å²) in [6.45, 7) is 1.88. The molecule has 1 fully saturated rings. The van der Waals surface area contributed by atoms with Gasteiger partial charge in [0.1, 0.15) is 4.88 Å². The van der Waals surface area contributed by atoms with Gasteiger partial charge >= 0.3 is 5.97 Å². The summed E-state index contributed by atoms with van der Waals surface area (Å²) in [5.74, 6) is -0.828. The first-order valence-electron chi connectivity index (χ1n) is 6.14. The third-order valence-corrected chi connectivity index (χ3v) is 4.01. The Kier molecular flexibility index (Phi) is 4.33. The summed E-state index contributed by atoms with van der Waals surface area (Å²) in [4.78, 5) is 38.6. The van der Waals surface area contributed by atoms with Gasteiger partial charge < -0.3 is 15.4 Å². The predicted octanol–water partition coefficient (Wildman–Crippen LogP) is 0.823. The smallest absolute Gasteiger partial charge is 0.358 e. The van der Waals surface area contributed by atoms with Gasteiger partial charge in [0, 0.05) is 25.9 Å². The van der Waals surface area contributed by atoms with E-state index in [0.717, 1.165) is 11.3 Å². The summed E-state index contributed by atoms with van der Waals surface area (Å²) >= 11 is 1.12. The second-order valence-corrected chi connectivity index (χ2v) is 5.43. The van der Waals surface area contributed by atoms with Crippen LogP contribution in [0.1, 0.15) is 39.9 Å². The third-order valence-electron chi connectivity index (χ3n) is 2.92. The molecular formula is C12H15N3O4S. The molecule has 0 spiro atoms. The monoisotopic (exact) mass is 297 g/mol. The molecule has 0 radical (unpaired) electrons. The van der Waals surface area contributed by atoms with Crippen molar-refractivity contribution in [2.45, 2.75) is 25.8 Å². The summed E-state index contributed by atoms with van der Waals surface area (Å²) in [6, 6.07) is 0.0455. The number of hydrogen-bond donors (Lipinski definition) is 2. The minimum absolute atomic E-state index is 0.0295. The van der Waals surface area contributed by atoms with Crippen LogP contribution in [0.3, 0.4) is 0 Å². The Morgan fingerprint density at radius 1 is 1.50 bits per heavy atom. The van der Waals surface area contributed by atoms with Crippen LogP contribution in [-0.2, 0) is 9.53 Å². The maximum Gasteiger partial charge on any atom is 0.358 e. The number of carbonyl (C=O) groups excluding carboxylic acids is 3. The highest BCUT2D eigenvalue weighted by atomic mass is 32.1. The molecule has 2 rings (SSSR count). The van der Waals surface area contributed by atoms with Crippen LogP contribution >= 0.6 is 11.3 Å². The van der Waals surface area contributed by atoms with Crippen molar-refractivity contribution < 1.29 is 19.1 Å². The molecule has 1 amide bonds. The summed E-state index contributed by atoms with van der Waals surface area (Å²) in [5.41, 5.74) is 0.0346. The van der Waals surface area contributed by atoms with Gasteiger partial charge in [-0.15, -0.1) is 0 Å². The Morgan fingerprint density at radius 2 is 2.25 bits per heavy atom. The van der Waals surface area contributed by atoms with Crippen LogP contribution in [0.2, 0.25) is 0 Å². The topological polar surface area (TPSA) is 97.4 Å². The van der Waals surface area contributed by atoms with Crippen molar-refractivity contribution in [3.63, 3.8) is 0 Å². The zero-order valence-corrected chi connectivity index (χ0v) is 12.0. The lowest BCUT2D eigenvalue weighted by Crippen LogP contribution is -2.41. The fourth-order valence-electron chi connectivity index (χ4n) is 1.89. The third kappa shape index (κ3) is 3.13. The molecule has 1 unspecified atom stereocenters. The van der Waals surface area contributed by atoms with Gasteiger partial charge in [-0.1, -0.05) is 11.3 Å². The number of nitrogens with zero attached hydrogens (tertiary/aromatic N) is 1. The standard InChI is InChI=1S/C12H15N3O4S/c1-6(16)10-9(11(18)19-2)15-12(20-10)14-7-3-4-8(17)13-5-7/h7H,3-5H2,1-2H3,(H,13,17)(H,14,15). The first-order valence-corrected chi connectivity index (χ1v) is 6.96. The molecule has 2 heterocycles. The van der Waals surface area contributed by atoms with E-state index in [9.17, 15) is 14.4 Å². The van der Waals surface area contributed by atoms with Crippen molar-refractivity contribution in [3.05, 3.63) is 10.6 Å². The molecule has 1 aromatic heterocycles. The highest BCUT2D eigenvalue weighted by Gasteiger charge is 2.24. The number of thiazole rings is 1. The summed E-state index contributed by atoms with van der Waals surface area (Å²) in [6.07, 6.45) is 1.14. The Hall–Kier alpha value is -1.96. The predicted molar refractivity (Wildman–Crippen MR) is 73.1 cm³/mol. The summed E-state index contributed by atoms with van der Waals surface area (Å²) in [5, 5.41) is 6.36. The van der Waals surface area contributed by atoms with Crippen LogP contribution in [-0.4, -0.2) is 42.3 Å². The number of esters is 1. The van der Waals surface area contributed by atoms with Gasteiger partial charge in [0.05, 0.1) is 7.11 Å². The van der Waals surface area contributed by atoms with Gasteiger partial charge in [0.25, 0.3) is 0 Å². The number of ether oxygens (including phenoxy) is 1. The highest BCUT2D eigenvalue weighted by Crippen LogP contribution is 2.25. The van der Waals surface area contributed by atoms with E-state index in [-0.39, 0.29) is 28.3 Å². The maximum absolute atomic E-state index is 11.6. The summed E-state index contributed by atoms with van der Waals surface area (Å²) < 4.78 is 4.61. The molecule has 7 nitrogen and oxygen atoms in total. The number of hydrogen-bond acceptors (Lipinski definition) is 7. The number of nitrogens with one attached hydrogen (secondary N) is 2. The summed E-state index contributed by atoms with van der Waals surface area (Å²) in [7, 11) is 1.25. The minimum atomic E-state index is -0.628. The number of rotatable bonds is 4. The molecule has 1 aliphatic heterocycles. The van der Waals surface area contributed by atoms with Crippen LogP contribution in [0.4, 0.5) is 5.13 Å². The van der Waals surface area contributed by atoms with E-state index in [2.05, 4.69) is 20.4 Å². The van der Waals surface area contributed by atoms with E-state index in [1.807, 2.05) is 0 Å². The molecule has 1 atom stereocenters. The van der Waals surface area contributed by atoms with Gasteiger partial charge in [-0.25, -0.2) is 9.78 Å². The van der Waals surface area contributed by atoms with Gasteiger partial charge in [-0.2, -0.15) is 0 Å². The molecule has 0 aliphatic carbocycles. The quantitative estimate of drug-likeness (QED) is 0.631. The average molecular weight is 297 g/mol. The number of anilines is 1. The number of Topliss-reactive ketones (excluding diaryl/α,β-unsaturated/α-hetero) is 1. The normalized spacial score (nSPS) is 18.3. The molecule has 20 heavy (non-hydrogen) atoms. The number of aromatic nitrogens is 1. The lowest BCUT2D eigenvalue weighted by Gasteiger charge is -2.22. The highest BCUT2D eigenvalue weighted by molar-refractivity contribution is 7.17. The molecule has 8 heteroatoms. The number of amides is 1. The second kappa shape index (κ2) is 6.00. The molecular weight excluding hydrogens is 282 g/mol. The first-order chi connectivity index (χ1) is 9.51. The number of carbonyl (C=O) groups is 3. The first kappa shape index (κ1) is 14.4. The molecule has 108 valence electrons. The average Bonchev–Trinajstić information content (AvgIpc) is 2.84. The van der Waals surface area contributed by atoms with Crippen molar-refractivity contribution >= 4 is 34.1 Å². The Balaban J connectivity index is 2.14. The van der Waals surface area contributed by atoms with Crippen molar-refractivity contribution in [3.8, 4) is 0 Å². The van der Waals surface area contributed by atoms with Gasteiger partial charge in [0.2, 0.25) is 5.91 Å². The second-order valence-electron chi connectivity index (χ2n) is 4.43. The van der Waals surface area contributed by atoms with E-state index >= 15 is 0 Å². The fourth-order valence-corrected chi connectivity index (χ4v) is 2.81. The Morgan fingerprint density at radius 3 is 2.80 bits per heavy atom. The van der Waals surface area contributed by atoms with E-state index in [4.69, 9.17) is 0 Å². The van der Waals surface area contributed by atoms with Crippen molar-refractivity contribution in [2.75, 3.05) is 19.0 Å². The van der Waals surface area contributed by atoms with E-state index in [1.54, 1.807) is 0 Å². The van der Waals surface area contributed by atoms with E-state index in [1.165, 1.54) is 14.0 Å². The van der Waals surface area contributed by atoms with Crippen LogP contribution in [0.25, 0.3) is 0 Å². The van der Waals surface area contributed by atoms with Gasteiger partial charge in [-0.05, 0) is 6.42 Å². The number of methoxy groups -OCH3 is 1. The zero-order chi connectivity index (χ0) is 14.7. The fraction of sp³-hybridized carbons (Fsp3) is 0.500. The zero-order valence-electron chi connectivity index (χ0n) is 11.2. The Bertz CT molecular complexity index is 545. The van der Waals surface area contributed by atoms with Gasteiger partial charge in [-0.3, -0.25) is 9.59 Å². The van der Waals surface area contributed by atoms with Crippen LogP contribution in [0.15, 0.2) is 0 Å². The van der Waals surface area contributed by atoms with E-state index < -0.39 is 5.97 Å². The molecule has 0 saturated carbocycles. The van der Waals surface area contributed by atoms with Gasteiger partial charge in [0.15, 0.2) is 16.6 Å². The van der Waals surface area contributed by atoms with E-state index in [0.29, 0.717) is 24.5 Å². The molecule has 0 aromatic carbocycles. The molecule has 1 aliphatic rings. The number of ketones is 1. The molecule has 0 bridgehead atoms. The SMILES string of the molecule is COC(=O)c1nc(NC2CCC(=O)NC2)sc1C(C)=O. The number of piperidine rings is 1. The lowest BCUT2D eigenvalue weighted by atomic mass is 10.1. The minimum Gasteiger partial charge on any atom is -0.464 e. The molecule has 2 N–H and O–H groups in total. The van der Waals surface area contributed by atoms with Crippen molar-refractivity contribution in [2.24, 2.45) is 0 Å². The molecule has 1 aromatic rings.